The number of hydrogen-bond acceptors (Lipinski definition) is 4. The molecule has 0 heterocycles. The molecule has 0 aromatic carbocycles. The Balaban J connectivity index is 3.61. The van der Waals surface area contributed by atoms with Gasteiger partial charge < -0.3 is 20.6 Å². The highest BCUT2D eigenvalue weighted by atomic mass is 16.3. The van der Waals surface area contributed by atoms with Crippen LogP contribution in [0.15, 0.2) is 36.5 Å². The molecule has 5 heteroatoms. The van der Waals surface area contributed by atoms with Gasteiger partial charge in [0.2, 0.25) is 5.91 Å². The Labute approximate surface area is 374 Å². The van der Waals surface area contributed by atoms with Crippen molar-refractivity contribution in [2.45, 2.75) is 302 Å². The lowest BCUT2D eigenvalue weighted by Crippen LogP contribution is -2.48. The lowest BCUT2D eigenvalue weighted by atomic mass is 10.0. The second kappa shape index (κ2) is 50.2. The predicted molar refractivity (Wildman–Crippen MR) is 264 cm³/mol. The van der Waals surface area contributed by atoms with Crippen LogP contribution in [0.4, 0.5) is 0 Å². The highest BCUT2D eigenvalue weighted by Crippen LogP contribution is 2.16. The molecule has 0 aliphatic carbocycles. The van der Waals surface area contributed by atoms with E-state index in [4.69, 9.17) is 0 Å². The van der Waals surface area contributed by atoms with Gasteiger partial charge in [-0.15, -0.1) is 0 Å². The second-order valence-electron chi connectivity index (χ2n) is 18.4. The van der Waals surface area contributed by atoms with E-state index in [2.05, 4.69) is 43.5 Å². The third-order valence-corrected chi connectivity index (χ3v) is 12.5. The molecular weight excluding hydrogens is 739 g/mol. The predicted octanol–water partition coefficient (Wildman–Crippen LogP) is 16.3. The minimum absolute atomic E-state index is 0.364. The van der Waals surface area contributed by atoms with Crippen LogP contribution >= 0.6 is 0 Å². The van der Waals surface area contributed by atoms with Gasteiger partial charge >= 0.3 is 0 Å². The topological polar surface area (TPSA) is 89.8 Å². The number of amides is 1. The summed E-state index contributed by atoms with van der Waals surface area (Å²) in [7, 11) is 0. The van der Waals surface area contributed by atoms with E-state index in [0.29, 0.717) is 6.42 Å². The molecule has 0 rings (SSSR count). The van der Waals surface area contributed by atoms with Gasteiger partial charge in [0.15, 0.2) is 0 Å². The van der Waals surface area contributed by atoms with Gasteiger partial charge in [-0.2, -0.15) is 0 Å². The van der Waals surface area contributed by atoms with Gasteiger partial charge in [-0.1, -0.05) is 269 Å². The normalized spacial score (nSPS) is 13.6. The summed E-state index contributed by atoms with van der Waals surface area (Å²) >= 11 is 0. The smallest absolute Gasteiger partial charge is 0.249 e. The van der Waals surface area contributed by atoms with Gasteiger partial charge in [-0.3, -0.25) is 4.79 Å². The fourth-order valence-electron chi connectivity index (χ4n) is 8.28. The van der Waals surface area contributed by atoms with Crippen molar-refractivity contribution in [3.63, 3.8) is 0 Å². The van der Waals surface area contributed by atoms with E-state index < -0.39 is 24.2 Å². The Morgan fingerprint density at radius 2 is 0.717 bits per heavy atom. The minimum atomic E-state index is -1.10. The first kappa shape index (κ1) is 58.6. The molecule has 0 aromatic heterocycles. The van der Waals surface area contributed by atoms with Gasteiger partial charge in [0.25, 0.3) is 0 Å². The molecular formula is C55H105NO4. The molecule has 1 amide bonds. The molecule has 0 radical (unpaired) electrons. The van der Waals surface area contributed by atoms with Crippen molar-refractivity contribution in [2.24, 2.45) is 0 Å². The Morgan fingerprint density at radius 1 is 0.417 bits per heavy atom. The standard InChI is InChI=1S/C55H105NO4/c1-3-5-7-9-11-13-15-17-19-21-23-25-26-27-28-29-30-32-34-36-38-40-42-44-46-48-50-54(59)55(60)56-52(51-57)53(58)49-47-45-43-41-39-37-35-33-31-24-22-20-18-16-14-12-10-8-6-4-2/h23,25,27-28,47,49,52-54,57-59H,3-22,24,26,29-46,48,50-51H2,1-2H3,(H,56,60)/b25-23-,28-27-,49-47+. The molecule has 60 heavy (non-hydrogen) atoms. The van der Waals surface area contributed by atoms with Crippen LogP contribution < -0.4 is 5.32 Å². The van der Waals surface area contributed by atoms with Crippen LogP contribution in [-0.4, -0.2) is 46.1 Å². The molecule has 0 aliphatic rings. The third kappa shape index (κ3) is 44.6. The van der Waals surface area contributed by atoms with Gasteiger partial charge in [0, 0.05) is 0 Å². The third-order valence-electron chi connectivity index (χ3n) is 12.5. The summed E-state index contributed by atoms with van der Waals surface area (Å²) in [6, 6.07) is -0.800. The number of carbonyl (C=O) groups excluding carboxylic acids is 1. The van der Waals surface area contributed by atoms with Gasteiger partial charge in [0.1, 0.15) is 6.10 Å². The Morgan fingerprint density at radius 3 is 1.05 bits per heavy atom. The first-order valence-corrected chi connectivity index (χ1v) is 26.8. The Hall–Kier alpha value is -1.43. The molecule has 3 unspecified atom stereocenters. The van der Waals surface area contributed by atoms with Crippen molar-refractivity contribution in [1.29, 1.82) is 0 Å². The van der Waals surface area contributed by atoms with E-state index in [1.165, 1.54) is 225 Å². The number of carbonyl (C=O) groups is 1. The first-order valence-electron chi connectivity index (χ1n) is 26.8. The first-order chi connectivity index (χ1) is 29.6. The van der Waals surface area contributed by atoms with E-state index >= 15 is 0 Å². The molecule has 0 saturated heterocycles. The van der Waals surface area contributed by atoms with E-state index in [9.17, 15) is 20.1 Å². The minimum Gasteiger partial charge on any atom is -0.394 e. The van der Waals surface area contributed by atoms with Crippen LogP contribution in [0.1, 0.15) is 284 Å². The van der Waals surface area contributed by atoms with Crippen molar-refractivity contribution in [1.82, 2.24) is 5.32 Å². The molecule has 4 N–H and O–H groups in total. The second-order valence-corrected chi connectivity index (χ2v) is 18.4. The average Bonchev–Trinajstić information content (AvgIpc) is 3.25. The van der Waals surface area contributed by atoms with E-state index in [0.717, 1.165) is 38.5 Å². The van der Waals surface area contributed by atoms with Crippen molar-refractivity contribution in [2.75, 3.05) is 6.61 Å². The SMILES string of the molecule is CCCCCCCCCCC/C=C\C/C=C\CCCCCCCCCCCCC(O)C(=O)NC(CO)C(O)/C=C/CCCCCCCCCCCCCCCCCCCC. The molecule has 0 fully saturated rings. The van der Waals surface area contributed by atoms with E-state index in [1.807, 2.05) is 6.08 Å². The van der Waals surface area contributed by atoms with Crippen LogP contribution in [0, 0.1) is 0 Å². The summed E-state index contributed by atoms with van der Waals surface area (Å²) in [6.07, 6.45) is 64.9. The summed E-state index contributed by atoms with van der Waals surface area (Å²) in [5.41, 5.74) is 0. The fourth-order valence-corrected chi connectivity index (χ4v) is 8.28. The largest absolute Gasteiger partial charge is 0.394 e. The number of aliphatic hydroxyl groups excluding tert-OH is 3. The maximum Gasteiger partial charge on any atom is 0.249 e. The highest BCUT2D eigenvalue weighted by molar-refractivity contribution is 5.80. The van der Waals surface area contributed by atoms with Gasteiger partial charge in [-0.05, 0) is 51.4 Å². The molecule has 3 atom stereocenters. The quantitative estimate of drug-likeness (QED) is 0.0363. The molecule has 0 aliphatic heterocycles. The summed E-state index contributed by atoms with van der Waals surface area (Å²) < 4.78 is 0. The van der Waals surface area contributed by atoms with Crippen LogP contribution in [-0.2, 0) is 4.79 Å². The maximum absolute atomic E-state index is 12.5. The fraction of sp³-hybridized carbons (Fsp3) is 0.873. The average molecular weight is 844 g/mol. The van der Waals surface area contributed by atoms with Gasteiger partial charge in [-0.25, -0.2) is 0 Å². The van der Waals surface area contributed by atoms with Crippen LogP contribution in [0.3, 0.4) is 0 Å². The summed E-state index contributed by atoms with van der Waals surface area (Å²) in [5, 5.41) is 33.3. The van der Waals surface area contributed by atoms with Crippen LogP contribution in [0.25, 0.3) is 0 Å². The lowest BCUT2D eigenvalue weighted by Gasteiger charge is -2.21. The van der Waals surface area contributed by atoms with Crippen molar-refractivity contribution < 1.29 is 20.1 Å². The number of aliphatic hydroxyl groups is 3. The Kier molecular flexibility index (Phi) is 49.0. The van der Waals surface area contributed by atoms with Gasteiger partial charge in [0.05, 0.1) is 18.8 Å². The number of unbranched alkanes of at least 4 members (excludes halogenated alkanes) is 37. The number of rotatable bonds is 49. The molecule has 0 saturated carbocycles. The summed E-state index contributed by atoms with van der Waals surface area (Å²) in [5.74, 6) is -0.503. The number of nitrogens with one attached hydrogen (secondary N) is 1. The van der Waals surface area contributed by atoms with Crippen molar-refractivity contribution in [3.05, 3.63) is 36.5 Å². The molecule has 5 nitrogen and oxygen atoms in total. The Bertz CT molecular complexity index is 931. The lowest BCUT2D eigenvalue weighted by molar-refractivity contribution is -0.131. The van der Waals surface area contributed by atoms with E-state index in [1.54, 1.807) is 6.08 Å². The molecule has 354 valence electrons. The molecule has 0 bridgehead atoms. The maximum atomic E-state index is 12.5. The van der Waals surface area contributed by atoms with E-state index in [-0.39, 0.29) is 6.61 Å². The molecule has 0 aromatic rings. The molecule has 0 spiro atoms. The zero-order valence-corrected chi connectivity index (χ0v) is 40.4. The van der Waals surface area contributed by atoms with Crippen molar-refractivity contribution in [3.8, 4) is 0 Å². The van der Waals surface area contributed by atoms with Crippen molar-refractivity contribution >= 4 is 5.91 Å². The summed E-state index contributed by atoms with van der Waals surface area (Å²) in [4.78, 5) is 12.5. The zero-order valence-electron chi connectivity index (χ0n) is 40.4. The number of allylic oxidation sites excluding steroid dienone is 5. The zero-order chi connectivity index (χ0) is 43.7. The monoisotopic (exact) mass is 844 g/mol. The number of hydrogen-bond donors (Lipinski definition) is 4. The van der Waals surface area contributed by atoms with Crippen LogP contribution in [0.2, 0.25) is 0 Å². The highest BCUT2D eigenvalue weighted by Gasteiger charge is 2.22. The van der Waals surface area contributed by atoms with Crippen LogP contribution in [0.5, 0.6) is 0 Å². The summed E-state index contributed by atoms with van der Waals surface area (Å²) in [6.45, 7) is 4.21.